The minimum Gasteiger partial charge on any atom is -0.497 e. The van der Waals surface area contributed by atoms with Gasteiger partial charge in [-0.2, -0.15) is 4.68 Å². The summed E-state index contributed by atoms with van der Waals surface area (Å²) in [5, 5.41) is 13.0. The third-order valence-corrected chi connectivity index (χ3v) is 3.95. The fraction of sp³-hybridized carbons (Fsp3) is 0.0526. The van der Waals surface area contributed by atoms with Gasteiger partial charge in [0.1, 0.15) is 17.8 Å². The lowest BCUT2D eigenvalue weighted by Crippen LogP contribution is -2.12. The standard InChI is InChI=1S/C19H14N4O3/c1-25-15-8-6-13-7-9-16(11-14(13)10-15)26-19(24)17-4-2-3-5-18(17)23-12-20-21-22-23/h2-12H,1H3. The lowest BCUT2D eigenvalue weighted by Gasteiger charge is -2.09. The fourth-order valence-electron chi connectivity index (χ4n) is 2.67. The van der Waals surface area contributed by atoms with E-state index in [0.29, 0.717) is 17.0 Å². The summed E-state index contributed by atoms with van der Waals surface area (Å²) < 4.78 is 12.2. The first-order valence-corrected chi connectivity index (χ1v) is 7.87. The van der Waals surface area contributed by atoms with E-state index in [9.17, 15) is 4.79 Å². The molecular formula is C19H14N4O3. The van der Waals surface area contributed by atoms with E-state index in [0.717, 1.165) is 16.5 Å². The minimum absolute atomic E-state index is 0.366. The van der Waals surface area contributed by atoms with Crippen LogP contribution in [0.2, 0.25) is 0 Å². The topological polar surface area (TPSA) is 79.1 Å². The lowest BCUT2D eigenvalue weighted by molar-refractivity contribution is 0.0735. The smallest absolute Gasteiger partial charge is 0.345 e. The van der Waals surface area contributed by atoms with Gasteiger partial charge in [-0.15, -0.1) is 5.10 Å². The molecule has 0 bridgehead atoms. The zero-order chi connectivity index (χ0) is 17.9. The average Bonchev–Trinajstić information content (AvgIpc) is 3.22. The molecule has 3 aromatic carbocycles. The number of hydrogen-bond donors (Lipinski definition) is 0. The summed E-state index contributed by atoms with van der Waals surface area (Å²) in [5.41, 5.74) is 0.912. The van der Waals surface area contributed by atoms with Crippen LogP contribution in [0.25, 0.3) is 16.5 Å². The van der Waals surface area contributed by atoms with Gasteiger partial charge in [-0.1, -0.05) is 24.3 Å². The van der Waals surface area contributed by atoms with Gasteiger partial charge in [0.15, 0.2) is 0 Å². The normalized spacial score (nSPS) is 10.7. The number of carbonyl (C=O) groups is 1. The van der Waals surface area contributed by atoms with E-state index in [1.54, 1.807) is 43.5 Å². The summed E-state index contributed by atoms with van der Waals surface area (Å²) >= 11 is 0. The molecule has 0 unspecified atom stereocenters. The number of nitrogens with zero attached hydrogens (tertiary/aromatic N) is 4. The molecule has 1 heterocycles. The van der Waals surface area contributed by atoms with E-state index in [1.807, 2.05) is 24.3 Å². The molecule has 7 nitrogen and oxygen atoms in total. The number of aromatic nitrogens is 4. The molecule has 26 heavy (non-hydrogen) atoms. The third-order valence-electron chi connectivity index (χ3n) is 3.95. The van der Waals surface area contributed by atoms with Crippen molar-refractivity contribution in [2.45, 2.75) is 0 Å². The van der Waals surface area contributed by atoms with Crippen LogP contribution in [0.5, 0.6) is 11.5 Å². The number of ether oxygens (including phenoxy) is 2. The molecule has 0 aliphatic heterocycles. The predicted molar refractivity (Wildman–Crippen MR) is 94.6 cm³/mol. The molecule has 0 amide bonds. The molecule has 0 saturated carbocycles. The maximum Gasteiger partial charge on any atom is 0.345 e. The van der Waals surface area contributed by atoms with Crippen LogP contribution >= 0.6 is 0 Å². The maximum atomic E-state index is 12.7. The van der Waals surface area contributed by atoms with Crippen LogP contribution < -0.4 is 9.47 Å². The number of para-hydroxylation sites is 1. The first kappa shape index (κ1) is 15.8. The molecular weight excluding hydrogens is 332 g/mol. The highest BCUT2D eigenvalue weighted by Crippen LogP contribution is 2.26. The Morgan fingerprint density at radius 2 is 1.73 bits per heavy atom. The number of fused-ring (bicyclic) bond motifs is 1. The van der Waals surface area contributed by atoms with Gasteiger partial charge in [0.2, 0.25) is 0 Å². The van der Waals surface area contributed by atoms with Crippen LogP contribution in [0.15, 0.2) is 67.0 Å². The van der Waals surface area contributed by atoms with E-state index in [2.05, 4.69) is 15.5 Å². The molecule has 0 fully saturated rings. The summed E-state index contributed by atoms with van der Waals surface area (Å²) in [6, 6.07) is 18.2. The van der Waals surface area contributed by atoms with Crippen LogP contribution in [-0.2, 0) is 0 Å². The molecule has 4 rings (SSSR count). The van der Waals surface area contributed by atoms with E-state index >= 15 is 0 Å². The van der Waals surface area contributed by atoms with Crippen LogP contribution in [0.1, 0.15) is 10.4 Å². The summed E-state index contributed by atoms with van der Waals surface area (Å²) in [7, 11) is 1.61. The van der Waals surface area contributed by atoms with Gasteiger partial charge < -0.3 is 9.47 Å². The molecule has 0 aliphatic rings. The lowest BCUT2D eigenvalue weighted by atomic mass is 10.1. The first-order chi connectivity index (χ1) is 12.7. The SMILES string of the molecule is COc1ccc2ccc(OC(=O)c3ccccc3-n3cnnn3)cc2c1. The Bertz CT molecular complexity index is 1080. The highest BCUT2D eigenvalue weighted by atomic mass is 16.5. The molecule has 4 aromatic rings. The predicted octanol–water partition coefficient (Wildman–Crippen LogP) is 3.04. The van der Waals surface area contributed by atoms with Gasteiger partial charge in [0.05, 0.1) is 18.4 Å². The Kier molecular flexibility index (Phi) is 4.03. The van der Waals surface area contributed by atoms with Gasteiger partial charge >= 0.3 is 5.97 Å². The Balaban J connectivity index is 1.66. The van der Waals surface area contributed by atoms with Gasteiger partial charge in [-0.3, -0.25) is 0 Å². The third kappa shape index (κ3) is 2.98. The first-order valence-electron chi connectivity index (χ1n) is 7.87. The second-order valence-corrected chi connectivity index (χ2v) is 5.54. The largest absolute Gasteiger partial charge is 0.497 e. The average molecular weight is 346 g/mol. The Morgan fingerprint density at radius 1 is 0.962 bits per heavy atom. The summed E-state index contributed by atoms with van der Waals surface area (Å²) in [5.74, 6) is 0.700. The molecule has 0 aliphatic carbocycles. The molecule has 0 N–H and O–H groups in total. The maximum absolute atomic E-state index is 12.7. The zero-order valence-corrected chi connectivity index (χ0v) is 13.9. The Hall–Kier alpha value is -3.74. The number of carbonyl (C=O) groups excluding carboxylic acids is 1. The van der Waals surface area contributed by atoms with E-state index in [-0.39, 0.29) is 0 Å². The monoisotopic (exact) mass is 346 g/mol. The van der Waals surface area contributed by atoms with Crippen molar-refractivity contribution in [3.8, 4) is 17.2 Å². The second kappa shape index (κ2) is 6.64. The number of methoxy groups -OCH3 is 1. The second-order valence-electron chi connectivity index (χ2n) is 5.54. The van der Waals surface area contributed by atoms with Crippen molar-refractivity contribution in [3.05, 3.63) is 72.6 Å². The van der Waals surface area contributed by atoms with Crippen molar-refractivity contribution in [3.63, 3.8) is 0 Å². The van der Waals surface area contributed by atoms with E-state index in [1.165, 1.54) is 11.0 Å². The minimum atomic E-state index is -0.488. The zero-order valence-electron chi connectivity index (χ0n) is 13.9. The highest BCUT2D eigenvalue weighted by molar-refractivity contribution is 5.95. The fourth-order valence-corrected chi connectivity index (χ4v) is 2.67. The number of hydrogen-bond acceptors (Lipinski definition) is 6. The summed E-state index contributed by atoms with van der Waals surface area (Å²) in [6.45, 7) is 0. The van der Waals surface area contributed by atoms with Gasteiger partial charge in [-0.25, -0.2) is 4.79 Å². The molecule has 128 valence electrons. The van der Waals surface area contributed by atoms with Crippen molar-refractivity contribution >= 4 is 16.7 Å². The number of esters is 1. The quantitative estimate of drug-likeness (QED) is 0.417. The van der Waals surface area contributed by atoms with Crippen LogP contribution in [0.3, 0.4) is 0 Å². The molecule has 7 heteroatoms. The molecule has 0 atom stereocenters. The molecule has 0 saturated heterocycles. The Labute approximate surface area is 148 Å². The Morgan fingerprint density at radius 3 is 2.50 bits per heavy atom. The van der Waals surface area contributed by atoms with Gasteiger partial charge in [0.25, 0.3) is 0 Å². The number of tetrazole rings is 1. The van der Waals surface area contributed by atoms with E-state index < -0.39 is 5.97 Å². The molecule has 1 aromatic heterocycles. The van der Waals surface area contributed by atoms with Crippen molar-refractivity contribution in [2.75, 3.05) is 7.11 Å². The number of rotatable bonds is 4. The van der Waals surface area contributed by atoms with Gasteiger partial charge in [-0.05, 0) is 57.6 Å². The summed E-state index contributed by atoms with van der Waals surface area (Å²) in [4.78, 5) is 12.7. The van der Waals surface area contributed by atoms with Crippen molar-refractivity contribution in [2.24, 2.45) is 0 Å². The van der Waals surface area contributed by atoms with Crippen LogP contribution in [0.4, 0.5) is 0 Å². The van der Waals surface area contributed by atoms with Crippen LogP contribution in [-0.4, -0.2) is 33.3 Å². The van der Waals surface area contributed by atoms with Crippen molar-refractivity contribution < 1.29 is 14.3 Å². The summed E-state index contributed by atoms with van der Waals surface area (Å²) in [6.07, 6.45) is 1.43. The van der Waals surface area contributed by atoms with Crippen molar-refractivity contribution in [1.29, 1.82) is 0 Å². The van der Waals surface area contributed by atoms with E-state index in [4.69, 9.17) is 9.47 Å². The van der Waals surface area contributed by atoms with Crippen LogP contribution in [0, 0.1) is 0 Å². The number of benzene rings is 3. The molecule has 0 spiro atoms. The van der Waals surface area contributed by atoms with Gasteiger partial charge in [0, 0.05) is 0 Å². The molecule has 0 radical (unpaired) electrons. The van der Waals surface area contributed by atoms with Crippen molar-refractivity contribution in [1.82, 2.24) is 20.2 Å². The highest BCUT2D eigenvalue weighted by Gasteiger charge is 2.15.